The van der Waals surface area contributed by atoms with E-state index in [1.54, 1.807) is 29.0 Å². The third-order valence-electron chi connectivity index (χ3n) is 6.27. The third kappa shape index (κ3) is 4.35. The minimum Gasteiger partial charge on any atom is -0.333 e. The van der Waals surface area contributed by atoms with Gasteiger partial charge in [-0.2, -0.15) is 5.10 Å². The van der Waals surface area contributed by atoms with Crippen LogP contribution in [0.15, 0.2) is 84.3 Å². The highest BCUT2D eigenvalue weighted by Crippen LogP contribution is 2.33. The number of aromatic nitrogens is 5. The molecule has 2 N–H and O–H groups in total. The number of benzene rings is 2. The zero-order valence-electron chi connectivity index (χ0n) is 20.6. The summed E-state index contributed by atoms with van der Waals surface area (Å²) in [6.07, 6.45) is 4.64. The molecule has 0 aliphatic rings. The van der Waals surface area contributed by atoms with E-state index in [0.717, 1.165) is 29.3 Å². The van der Waals surface area contributed by atoms with Crippen LogP contribution in [0.4, 0.5) is 30.4 Å². The summed E-state index contributed by atoms with van der Waals surface area (Å²) in [5, 5.41) is 6.91. The maximum atomic E-state index is 15.5. The van der Waals surface area contributed by atoms with Crippen LogP contribution in [0, 0.1) is 24.4 Å². The van der Waals surface area contributed by atoms with Gasteiger partial charge in [-0.15, -0.1) is 0 Å². The smallest absolute Gasteiger partial charge is 0.262 e. The lowest BCUT2D eigenvalue weighted by Crippen LogP contribution is -2.16. The molecule has 0 radical (unpaired) electrons. The predicted molar refractivity (Wildman–Crippen MR) is 143 cm³/mol. The van der Waals surface area contributed by atoms with Crippen molar-refractivity contribution in [3.63, 3.8) is 0 Å². The highest BCUT2D eigenvalue weighted by atomic mass is 32.2. The van der Waals surface area contributed by atoms with Crippen LogP contribution in [0.3, 0.4) is 0 Å². The lowest BCUT2D eigenvalue weighted by molar-refractivity contribution is 0.585. The zero-order chi connectivity index (χ0) is 28.0. The number of nitrogens with one attached hydrogen (secondary N) is 2. The molecule has 0 bridgehead atoms. The molecule has 0 amide bonds. The fraction of sp³-hybridized carbons (Fsp3) is 0.0370. The fourth-order valence-electron chi connectivity index (χ4n) is 4.26. The summed E-state index contributed by atoms with van der Waals surface area (Å²) in [6.45, 7) is 1.28. The summed E-state index contributed by atoms with van der Waals surface area (Å²) >= 11 is 0. The van der Waals surface area contributed by atoms with Crippen molar-refractivity contribution in [2.75, 3.05) is 10.0 Å². The van der Waals surface area contributed by atoms with Crippen molar-refractivity contribution in [1.29, 1.82) is 0 Å². The number of halogens is 3. The first kappa shape index (κ1) is 25.2. The SMILES string of the molecule is Cc1c(F)cccc1S(=O)(=O)Nc1ccc(F)c(Nc2ncnc3ccc(-c4cnn5ccccc45)nc23)c1F. The molecular formula is C27H18F3N7O2S. The van der Waals surface area contributed by atoms with E-state index in [4.69, 9.17) is 0 Å². The molecule has 0 aliphatic heterocycles. The Hall–Kier alpha value is -5.04. The van der Waals surface area contributed by atoms with Gasteiger partial charge in [0.15, 0.2) is 11.6 Å². The topological polar surface area (TPSA) is 114 Å². The van der Waals surface area contributed by atoms with Gasteiger partial charge in [-0.05, 0) is 55.5 Å². The molecule has 0 spiro atoms. The second kappa shape index (κ2) is 9.61. The van der Waals surface area contributed by atoms with Crippen LogP contribution in [0.5, 0.6) is 0 Å². The largest absolute Gasteiger partial charge is 0.333 e. The monoisotopic (exact) mass is 561 g/mol. The Morgan fingerprint density at radius 2 is 1.75 bits per heavy atom. The Labute approximate surface area is 225 Å². The number of pyridine rings is 2. The first-order valence-electron chi connectivity index (χ1n) is 11.8. The molecule has 9 nitrogen and oxygen atoms in total. The summed E-state index contributed by atoms with van der Waals surface area (Å²) in [5.74, 6) is -2.99. The number of fused-ring (bicyclic) bond motifs is 2. The molecule has 13 heteroatoms. The molecule has 2 aromatic carbocycles. The molecule has 6 aromatic rings. The standard InChI is InChI=1S/C27H18F3N7O2S/c1-15-17(28)5-4-7-23(15)40(38,39)36-20-9-8-18(29)25(24(20)30)35-27-26-21(31-14-32-27)11-10-19(34-26)16-13-33-37-12-3-2-6-22(16)37/h2-14,36H,1H3,(H,31,32,35). The van der Waals surface area contributed by atoms with E-state index in [1.807, 2.05) is 18.2 Å². The van der Waals surface area contributed by atoms with Gasteiger partial charge in [0.2, 0.25) is 0 Å². The highest BCUT2D eigenvalue weighted by Gasteiger charge is 2.23. The average Bonchev–Trinajstić information content (AvgIpc) is 3.38. The molecule has 40 heavy (non-hydrogen) atoms. The van der Waals surface area contributed by atoms with E-state index in [9.17, 15) is 17.2 Å². The van der Waals surface area contributed by atoms with Gasteiger partial charge in [-0.1, -0.05) is 12.1 Å². The minimum atomic E-state index is -4.40. The van der Waals surface area contributed by atoms with Crippen molar-refractivity contribution >= 4 is 43.8 Å². The first-order valence-corrected chi connectivity index (χ1v) is 13.3. The summed E-state index contributed by atoms with van der Waals surface area (Å²) in [5.41, 5.74) is 1.30. The number of anilines is 3. The summed E-state index contributed by atoms with van der Waals surface area (Å²) < 4.78 is 73.9. The van der Waals surface area contributed by atoms with E-state index in [0.29, 0.717) is 11.2 Å². The van der Waals surface area contributed by atoms with Crippen molar-refractivity contribution in [2.45, 2.75) is 11.8 Å². The number of sulfonamides is 1. The van der Waals surface area contributed by atoms with Crippen molar-refractivity contribution < 1.29 is 21.6 Å². The number of hydrogen-bond acceptors (Lipinski definition) is 7. The normalized spacial score (nSPS) is 11.7. The highest BCUT2D eigenvalue weighted by molar-refractivity contribution is 7.92. The molecule has 6 rings (SSSR count). The van der Waals surface area contributed by atoms with E-state index in [-0.39, 0.29) is 21.8 Å². The summed E-state index contributed by atoms with van der Waals surface area (Å²) in [4.78, 5) is 12.6. The Morgan fingerprint density at radius 1 is 0.900 bits per heavy atom. The summed E-state index contributed by atoms with van der Waals surface area (Å²) in [6, 6.07) is 14.3. The van der Waals surface area contributed by atoms with Crippen molar-refractivity contribution in [3.8, 4) is 11.3 Å². The Kier molecular flexibility index (Phi) is 6.07. The number of hydrogen-bond donors (Lipinski definition) is 2. The lowest BCUT2D eigenvalue weighted by Gasteiger charge is -2.15. The molecule has 0 aliphatic carbocycles. The van der Waals surface area contributed by atoms with Crippen molar-refractivity contribution in [2.24, 2.45) is 0 Å². The molecule has 0 fully saturated rings. The predicted octanol–water partition coefficient (Wildman–Crippen LogP) is 5.61. The number of nitrogens with zero attached hydrogens (tertiary/aromatic N) is 5. The first-order chi connectivity index (χ1) is 19.2. The maximum absolute atomic E-state index is 15.5. The second-order valence-corrected chi connectivity index (χ2v) is 10.4. The van der Waals surface area contributed by atoms with E-state index in [1.165, 1.54) is 25.4 Å². The van der Waals surface area contributed by atoms with Gasteiger partial charge in [-0.25, -0.2) is 41.1 Å². The number of rotatable bonds is 6. The lowest BCUT2D eigenvalue weighted by atomic mass is 10.1. The molecular weight excluding hydrogens is 543 g/mol. The molecule has 0 unspecified atom stereocenters. The Balaban J connectivity index is 1.39. The van der Waals surface area contributed by atoms with Gasteiger partial charge >= 0.3 is 0 Å². The van der Waals surface area contributed by atoms with Gasteiger partial charge in [-0.3, -0.25) is 4.72 Å². The fourth-order valence-corrected chi connectivity index (χ4v) is 5.57. The van der Waals surface area contributed by atoms with Gasteiger partial charge in [0.05, 0.1) is 33.5 Å². The van der Waals surface area contributed by atoms with Crippen LogP contribution in [-0.2, 0) is 10.0 Å². The Morgan fingerprint density at radius 3 is 2.60 bits per heavy atom. The molecule has 4 aromatic heterocycles. The summed E-state index contributed by atoms with van der Waals surface area (Å²) in [7, 11) is -4.40. The van der Waals surface area contributed by atoms with E-state index < -0.39 is 38.8 Å². The van der Waals surface area contributed by atoms with Gasteiger partial charge in [0.25, 0.3) is 10.0 Å². The molecule has 0 atom stereocenters. The van der Waals surface area contributed by atoms with E-state index >= 15 is 4.39 Å². The second-order valence-electron chi connectivity index (χ2n) is 8.75. The van der Waals surface area contributed by atoms with Crippen LogP contribution in [0.2, 0.25) is 0 Å². The minimum absolute atomic E-state index is 0.0119. The maximum Gasteiger partial charge on any atom is 0.262 e. The van der Waals surface area contributed by atoms with Crippen LogP contribution in [0.25, 0.3) is 27.8 Å². The van der Waals surface area contributed by atoms with Crippen LogP contribution in [-0.4, -0.2) is 33.0 Å². The molecule has 0 saturated carbocycles. The van der Waals surface area contributed by atoms with Gasteiger partial charge < -0.3 is 5.32 Å². The van der Waals surface area contributed by atoms with Crippen molar-refractivity contribution in [3.05, 3.63) is 102 Å². The van der Waals surface area contributed by atoms with Gasteiger partial charge in [0.1, 0.15) is 29.2 Å². The molecule has 200 valence electrons. The molecule has 4 heterocycles. The average molecular weight is 562 g/mol. The van der Waals surface area contributed by atoms with Crippen LogP contribution < -0.4 is 10.0 Å². The van der Waals surface area contributed by atoms with E-state index in [2.05, 4.69) is 30.1 Å². The van der Waals surface area contributed by atoms with Crippen LogP contribution >= 0.6 is 0 Å². The quantitative estimate of drug-likeness (QED) is 0.272. The van der Waals surface area contributed by atoms with Crippen molar-refractivity contribution in [1.82, 2.24) is 24.6 Å². The molecule has 0 saturated heterocycles. The van der Waals surface area contributed by atoms with Gasteiger partial charge in [0, 0.05) is 17.3 Å². The zero-order valence-corrected chi connectivity index (χ0v) is 21.4. The Bertz CT molecular complexity index is 2050. The third-order valence-corrected chi connectivity index (χ3v) is 7.78. The van der Waals surface area contributed by atoms with Crippen LogP contribution in [0.1, 0.15) is 5.56 Å².